The first-order valence-electron chi connectivity index (χ1n) is 8.09. The summed E-state index contributed by atoms with van der Waals surface area (Å²) in [6.45, 7) is 0.725. The molecule has 3 rings (SSSR count). The molecule has 3 aliphatic rings. The zero-order valence-electron chi connectivity index (χ0n) is 12.1. The first-order chi connectivity index (χ1) is 9.59. The Morgan fingerprint density at radius 1 is 1.20 bits per heavy atom. The van der Waals surface area contributed by atoms with E-state index in [1.54, 1.807) is 0 Å². The lowest BCUT2D eigenvalue weighted by Gasteiger charge is -2.37. The molecule has 4 heteroatoms. The summed E-state index contributed by atoms with van der Waals surface area (Å²) in [5, 5.41) is 12.2. The Bertz CT molecular complexity index is 403. The molecule has 0 aromatic carbocycles. The van der Waals surface area contributed by atoms with E-state index >= 15 is 0 Å². The van der Waals surface area contributed by atoms with E-state index in [4.69, 9.17) is 0 Å². The molecule has 0 saturated heterocycles. The first-order valence-corrected chi connectivity index (χ1v) is 8.09. The van der Waals surface area contributed by atoms with Gasteiger partial charge >= 0.3 is 5.97 Å². The van der Waals surface area contributed by atoms with Crippen molar-refractivity contribution in [2.75, 3.05) is 6.54 Å². The fraction of sp³-hybridized carbons (Fsp3) is 0.875. The maximum atomic E-state index is 11.9. The van der Waals surface area contributed by atoms with E-state index in [-0.39, 0.29) is 12.3 Å². The van der Waals surface area contributed by atoms with E-state index in [9.17, 15) is 14.7 Å². The summed E-state index contributed by atoms with van der Waals surface area (Å²) in [6.07, 6.45) is 9.03. The molecule has 0 aromatic rings. The summed E-state index contributed by atoms with van der Waals surface area (Å²) >= 11 is 0. The van der Waals surface area contributed by atoms with Gasteiger partial charge in [-0.1, -0.05) is 12.8 Å². The molecule has 3 unspecified atom stereocenters. The van der Waals surface area contributed by atoms with Crippen molar-refractivity contribution in [3.8, 4) is 0 Å². The summed E-state index contributed by atoms with van der Waals surface area (Å²) < 4.78 is 0. The van der Waals surface area contributed by atoms with Crippen LogP contribution in [0, 0.1) is 23.2 Å². The summed E-state index contributed by atoms with van der Waals surface area (Å²) in [5.41, 5.74) is -0.753. The molecule has 0 aromatic heterocycles. The molecule has 0 aliphatic heterocycles. The third-order valence-corrected chi connectivity index (χ3v) is 5.99. The number of carboxylic acid groups (broad SMARTS) is 1. The lowest BCUT2D eigenvalue weighted by atomic mass is 9.66. The van der Waals surface area contributed by atoms with Gasteiger partial charge in [0, 0.05) is 13.0 Å². The van der Waals surface area contributed by atoms with Gasteiger partial charge in [-0.2, -0.15) is 0 Å². The SMILES string of the molecule is O=C(CC1(C(=O)O)CCC1)NCCC1CC2CCC1C2. The van der Waals surface area contributed by atoms with Gasteiger partial charge in [-0.15, -0.1) is 0 Å². The second kappa shape index (κ2) is 5.38. The number of amides is 1. The number of carbonyl (C=O) groups excluding carboxylic acids is 1. The van der Waals surface area contributed by atoms with Gasteiger partial charge in [0.05, 0.1) is 5.41 Å². The lowest BCUT2D eigenvalue weighted by Crippen LogP contribution is -2.42. The fourth-order valence-corrected chi connectivity index (χ4v) is 4.57. The minimum absolute atomic E-state index is 0.0738. The van der Waals surface area contributed by atoms with Crippen LogP contribution in [0.4, 0.5) is 0 Å². The van der Waals surface area contributed by atoms with Crippen LogP contribution < -0.4 is 5.32 Å². The van der Waals surface area contributed by atoms with Crippen molar-refractivity contribution >= 4 is 11.9 Å². The minimum atomic E-state index is -0.799. The van der Waals surface area contributed by atoms with E-state index in [0.717, 1.165) is 37.1 Å². The fourth-order valence-electron chi connectivity index (χ4n) is 4.57. The van der Waals surface area contributed by atoms with Crippen LogP contribution in [0.25, 0.3) is 0 Å². The number of hydrogen-bond acceptors (Lipinski definition) is 2. The normalized spacial score (nSPS) is 33.7. The maximum absolute atomic E-state index is 11.9. The molecule has 1 amide bonds. The van der Waals surface area contributed by atoms with Gasteiger partial charge in [-0.3, -0.25) is 9.59 Å². The van der Waals surface area contributed by atoms with Gasteiger partial charge in [-0.25, -0.2) is 0 Å². The summed E-state index contributed by atoms with van der Waals surface area (Å²) in [6, 6.07) is 0. The largest absolute Gasteiger partial charge is 0.481 e. The quantitative estimate of drug-likeness (QED) is 0.785. The Hall–Kier alpha value is -1.06. The molecule has 3 fully saturated rings. The van der Waals surface area contributed by atoms with Crippen molar-refractivity contribution < 1.29 is 14.7 Å². The van der Waals surface area contributed by atoms with Gasteiger partial charge in [0.1, 0.15) is 0 Å². The highest BCUT2D eigenvalue weighted by Crippen LogP contribution is 2.49. The molecule has 3 aliphatic carbocycles. The smallest absolute Gasteiger partial charge is 0.310 e. The van der Waals surface area contributed by atoms with Crippen LogP contribution in [0.3, 0.4) is 0 Å². The predicted octanol–water partition coefficient (Wildman–Crippen LogP) is 2.57. The van der Waals surface area contributed by atoms with Gasteiger partial charge < -0.3 is 10.4 Å². The number of rotatable bonds is 6. The van der Waals surface area contributed by atoms with E-state index in [1.165, 1.54) is 25.7 Å². The average Bonchev–Trinajstić information content (AvgIpc) is 2.95. The highest BCUT2D eigenvalue weighted by atomic mass is 16.4. The van der Waals surface area contributed by atoms with Crippen LogP contribution in [-0.2, 0) is 9.59 Å². The standard InChI is InChI=1S/C16H25NO3/c18-14(10-16(15(19)20)5-1-6-16)17-7-4-13-9-11-2-3-12(13)8-11/h11-13H,1-10H2,(H,17,18)(H,19,20). The molecule has 0 heterocycles. The van der Waals surface area contributed by atoms with Crippen LogP contribution >= 0.6 is 0 Å². The van der Waals surface area contributed by atoms with Crippen LogP contribution in [-0.4, -0.2) is 23.5 Å². The van der Waals surface area contributed by atoms with Gasteiger partial charge in [0.2, 0.25) is 5.91 Å². The number of carbonyl (C=O) groups is 2. The van der Waals surface area contributed by atoms with Gasteiger partial charge in [0.15, 0.2) is 0 Å². The van der Waals surface area contributed by atoms with Crippen LogP contribution in [0.1, 0.15) is 57.8 Å². The van der Waals surface area contributed by atoms with E-state index in [1.807, 2.05) is 0 Å². The summed E-state index contributed by atoms with van der Waals surface area (Å²) in [5.74, 6) is 1.77. The Kier molecular flexibility index (Phi) is 3.74. The predicted molar refractivity (Wildman–Crippen MR) is 75.1 cm³/mol. The number of fused-ring (bicyclic) bond motifs is 2. The number of hydrogen-bond donors (Lipinski definition) is 2. The van der Waals surface area contributed by atoms with Crippen molar-refractivity contribution in [3.63, 3.8) is 0 Å². The molecule has 2 bridgehead atoms. The molecule has 3 atom stereocenters. The van der Waals surface area contributed by atoms with E-state index in [0.29, 0.717) is 12.8 Å². The van der Waals surface area contributed by atoms with Crippen LogP contribution in [0.15, 0.2) is 0 Å². The van der Waals surface area contributed by atoms with Crippen molar-refractivity contribution in [2.45, 2.75) is 57.8 Å². The molecule has 112 valence electrons. The molecule has 20 heavy (non-hydrogen) atoms. The Balaban J connectivity index is 1.38. The summed E-state index contributed by atoms with van der Waals surface area (Å²) in [7, 11) is 0. The zero-order chi connectivity index (χ0) is 14.2. The summed E-state index contributed by atoms with van der Waals surface area (Å²) in [4.78, 5) is 23.1. The molecule has 3 saturated carbocycles. The van der Waals surface area contributed by atoms with E-state index in [2.05, 4.69) is 5.32 Å². The minimum Gasteiger partial charge on any atom is -0.481 e. The second-order valence-corrected chi connectivity index (χ2v) is 7.19. The number of nitrogens with one attached hydrogen (secondary N) is 1. The first kappa shape index (κ1) is 13.9. The van der Waals surface area contributed by atoms with E-state index < -0.39 is 11.4 Å². The Morgan fingerprint density at radius 3 is 2.50 bits per heavy atom. The molecule has 0 radical (unpaired) electrons. The number of carboxylic acids is 1. The molecular formula is C16H25NO3. The monoisotopic (exact) mass is 279 g/mol. The van der Waals surface area contributed by atoms with Crippen molar-refractivity contribution in [1.29, 1.82) is 0 Å². The van der Waals surface area contributed by atoms with Crippen molar-refractivity contribution in [2.24, 2.45) is 23.2 Å². The molecular weight excluding hydrogens is 254 g/mol. The molecule has 2 N–H and O–H groups in total. The maximum Gasteiger partial charge on any atom is 0.310 e. The highest BCUT2D eigenvalue weighted by Gasteiger charge is 2.46. The van der Waals surface area contributed by atoms with Crippen molar-refractivity contribution in [1.82, 2.24) is 5.32 Å². The third kappa shape index (κ3) is 2.57. The lowest BCUT2D eigenvalue weighted by molar-refractivity contribution is -0.157. The van der Waals surface area contributed by atoms with Crippen molar-refractivity contribution in [3.05, 3.63) is 0 Å². The van der Waals surface area contributed by atoms with Gasteiger partial charge in [-0.05, 0) is 56.3 Å². The number of aliphatic carboxylic acids is 1. The van der Waals surface area contributed by atoms with Crippen LogP contribution in [0.5, 0.6) is 0 Å². The van der Waals surface area contributed by atoms with Gasteiger partial charge in [0.25, 0.3) is 0 Å². The van der Waals surface area contributed by atoms with Crippen LogP contribution in [0.2, 0.25) is 0 Å². The molecule has 4 nitrogen and oxygen atoms in total. The Labute approximate surface area is 120 Å². The molecule has 0 spiro atoms. The third-order valence-electron chi connectivity index (χ3n) is 5.99. The highest BCUT2D eigenvalue weighted by molar-refractivity contribution is 5.85. The zero-order valence-corrected chi connectivity index (χ0v) is 12.1. The Morgan fingerprint density at radius 2 is 2.00 bits per heavy atom. The average molecular weight is 279 g/mol. The topological polar surface area (TPSA) is 66.4 Å². The second-order valence-electron chi connectivity index (χ2n) is 7.19.